The lowest BCUT2D eigenvalue weighted by atomic mass is 10.1. The molecule has 0 amide bonds. The molecule has 1 N–H and O–H groups in total. The molecular weight excluding hydrogens is 299 g/mol. The highest BCUT2D eigenvalue weighted by Gasteiger charge is 2.30. The average molecular weight is 314 g/mol. The van der Waals surface area contributed by atoms with Crippen LogP contribution in [0, 0.1) is 13.8 Å². The maximum atomic E-state index is 12.7. The number of halogens is 4. The molecule has 5 heteroatoms. The van der Waals surface area contributed by atoms with E-state index in [9.17, 15) is 13.2 Å². The van der Waals surface area contributed by atoms with Crippen LogP contribution in [0.4, 0.5) is 18.9 Å². The molecule has 0 bridgehead atoms. The van der Waals surface area contributed by atoms with E-state index in [-0.39, 0.29) is 0 Å². The van der Waals surface area contributed by atoms with Gasteiger partial charge < -0.3 is 5.32 Å². The molecule has 2 aromatic rings. The number of benzene rings is 2. The van der Waals surface area contributed by atoms with Crippen LogP contribution in [0.1, 0.15) is 22.3 Å². The molecule has 0 aliphatic heterocycles. The van der Waals surface area contributed by atoms with Crippen LogP contribution in [0.5, 0.6) is 0 Å². The van der Waals surface area contributed by atoms with Crippen molar-refractivity contribution in [2.45, 2.75) is 26.6 Å². The van der Waals surface area contributed by atoms with Crippen LogP contribution in [0.15, 0.2) is 36.4 Å². The summed E-state index contributed by atoms with van der Waals surface area (Å²) < 4.78 is 38.2. The molecule has 0 aliphatic carbocycles. The van der Waals surface area contributed by atoms with E-state index in [0.29, 0.717) is 17.3 Å². The lowest BCUT2D eigenvalue weighted by molar-refractivity contribution is -0.137. The molecule has 0 saturated heterocycles. The molecule has 0 heterocycles. The summed E-state index contributed by atoms with van der Waals surface area (Å²) in [5.74, 6) is 0. The third-order valence-electron chi connectivity index (χ3n) is 3.24. The van der Waals surface area contributed by atoms with Crippen molar-refractivity contribution in [3.63, 3.8) is 0 Å². The van der Waals surface area contributed by atoms with Crippen molar-refractivity contribution >= 4 is 17.3 Å². The van der Waals surface area contributed by atoms with Crippen LogP contribution in [0.3, 0.4) is 0 Å². The molecule has 0 aromatic heterocycles. The fourth-order valence-electron chi connectivity index (χ4n) is 1.97. The Morgan fingerprint density at radius 3 is 2.38 bits per heavy atom. The minimum atomic E-state index is -4.34. The summed E-state index contributed by atoms with van der Waals surface area (Å²) >= 11 is 6.12. The van der Waals surface area contributed by atoms with Gasteiger partial charge in [-0.05, 0) is 48.7 Å². The van der Waals surface area contributed by atoms with E-state index >= 15 is 0 Å². The Balaban J connectivity index is 2.19. The zero-order valence-corrected chi connectivity index (χ0v) is 12.4. The summed E-state index contributed by atoms with van der Waals surface area (Å²) in [6.07, 6.45) is -4.34. The van der Waals surface area contributed by atoms with Gasteiger partial charge in [0.1, 0.15) is 0 Å². The van der Waals surface area contributed by atoms with Crippen LogP contribution in [-0.4, -0.2) is 0 Å². The SMILES string of the molecule is Cc1ccc(CNc2cc(C(F)(F)F)ccc2C)c(Cl)c1. The fraction of sp³-hybridized carbons (Fsp3) is 0.250. The van der Waals surface area contributed by atoms with Gasteiger partial charge in [0, 0.05) is 17.3 Å². The Morgan fingerprint density at radius 2 is 1.76 bits per heavy atom. The van der Waals surface area contributed by atoms with Gasteiger partial charge in [-0.25, -0.2) is 0 Å². The molecule has 21 heavy (non-hydrogen) atoms. The Labute approximate surface area is 126 Å². The van der Waals surface area contributed by atoms with Gasteiger partial charge >= 0.3 is 6.18 Å². The molecule has 112 valence electrons. The van der Waals surface area contributed by atoms with E-state index < -0.39 is 11.7 Å². The zero-order valence-electron chi connectivity index (χ0n) is 11.7. The second-order valence-electron chi connectivity index (χ2n) is 4.98. The van der Waals surface area contributed by atoms with Crippen molar-refractivity contribution in [1.82, 2.24) is 0 Å². The number of nitrogens with one attached hydrogen (secondary N) is 1. The average Bonchev–Trinajstić information content (AvgIpc) is 2.38. The molecule has 0 spiro atoms. The molecule has 0 atom stereocenters. The first-order valence-electron chi connectivity index (χ1n) is 6.44. The van der Waals surface area contributed by atoms with Crippen LogP contribution in [-0.2, 0) is 12.7 Å². The Bertz CT molecular complexity index is 650. The third kappa shape index (κ3) is 3.91. The molecule has 0 unspecified atom stereocenters. The fourth-order valence-corrected chi connectivity index (χ4v) is 2.28. The molecule has 2 rings (SSSR count). The van der Waals surface area contributed by atoms with E-state index in [0.717, 1.165) is 28.8 Å². The predicted molar refractivity (Wildman–Crippen MR) is 79.7 cm³/mol. The van der Waals surface area contributed by atoms with Crippen molar-refractivity contribution < 1.29 is 13.2 Å². The van der Waals surface area contributed by atoms with Crippen molar-refractivity contribution in [2.75, 3.05) is 5.32 Å². The number of anilines is 1. The summed E-state index contributed by atoms with van der Waals surface area (Å²) in [5.41, 5.74) is 2.44. The summed E-state index contributed by atoms with van der Waals surface area (Å²) in [6.45, 7) is 4.07. The molecule has 0 aliphatic rings. The van der Waals surface area contributed by atoms with Crippen molar-refractivity contribution in [1.29, 1.82) is 0 Å². The van der Waals surface area contributed by atoms with E-state index in [2.05, 4.69) is 5.32 Å². The summed E-state index contributed by atoms with van der Waals surface area (Å²) in [7, 11) is 0. The first-order chi connectivity index (χ1) is 9.77. The Morgan fingerprint density at radius 1 is 1.05 bits per heavy atom. The molecule has 0 fully saturated rings. The van der Waals surface area contributed by atoms with E-state index in [1.54, 1.807) is 6.92 Å². The van der Waals surface area contributed by atoms with Crippen LogP contribution in [0.25, 0.3) is 0 Å². The number of alkyl halides is 3. The summed E-state index contributed by atoms with van der Waals surface area (Å²) in [5, 5.41) is 3.62. The van der Waals surface area contributed by atoms with E-state index in [1.807, 2.05) is 25.1 Å². The summed E-state index contributed by atoms with van der Waals surface area (Å²) in [6, 6.07) is 9.28. The minimum absolute atomic E-state index is 0.376. The monoisotopic (exact) mass is 313 g/mol. The number of hydrogen-bond donors (Lipinski definition) is 1. The first-order valence-corrected chi connectivity index (χ1v) is 6.82. The minimum Gasteiger partial charge on any atom is -0.381 e. The zero-order chi connectivity index (χ0) is 15.6. The highest BCUT2D eigenvalue weighted by Crippen LogP contribution is 2.32. The van der Waals surface area contributed by atoms with Gasteiger partial charge in [0.25, 0.3) is 0 Å². The quantitative estimate of drug-likeness (QED) is 0.779. The van der Waals surface area contributed by atoms with Crippen LogP contribution < -0.4 is 5.32 Å². The van der Waals surface area contributed by atoms with Gasteiger partial charge in [0.2, 0.25) is 0 Å². The lowest BCUT2D eigenvalue weighted by Gasteiger charge is -2.14. The van der Waals surface area contributed by atoms with Gasteiger partial charge in [0.15, 0.2) is 0 Å². The van der Waals surface area contributed by atoms with Gasteiger partial charge in [0.05, 0.1) is 5.56 Å². The predicted octanol–water partition coefficient (Wildman–Crippen LogP) is 5.59. The normalized spacial score (nSPS) is 11.5. The van der Waals surface area contributed by atoms with Crippen molar-refractivity contribution in [3.05, 3.63) is 63.7 Å². The number of rotatable bonds is 3. The maximum absolute atomic E-state index is 12.7. The third-order valence-corrected chi connectivity index (χ3v) is 3.59. The number of hydrogen-bond acceptors (Lipinski definition) is 1. The van der Waals surface area contributed by atoms with Crippen LogP contribution in [0.2, 0.25) is 5.02 Å². The van der Waals surface area contributed by atoms with E-state index in [1.165, 1.54) is 6.07 Å². The van der Waals surface area contributed by atoms with Crippen molar-refractivity contribution in [2.24, 2.45) is 0 Å². The Kier molecular flexibility index (Phi) is 4.47. The van der Waals surface area contributed by atoms with Gasteiger partial charge in [-0.1, -0.05) is 29.8 Å². The molecule has 0 saturated carbocycles. The van der Waals surface area contributed by atoms with Crippen LogP contribution >= 0.6 is 11.6 Å². The van der Waals surface area contributed by atoms with Gasteiger partial charge in [-0.15, -0.1) is 0 Å². The maximum Gasteiger partial charge on any atom is 0.416 e. The van der Waals surface area contributed by atoms with Crippen molar-refractivity contribution in [3.8, 4) is 0 Å². The smallest absolute Gasteiger partial charge is 0.381 e. The molecule has 1 nitrogen and oxygen atoms in total. The Hall–Kier alpha value is -1.68. The number of aryl methyl sites for hydroxylation is 2. The molecule has 2 aromatic carbocycles. The lowest BCUT2D eigenvalue weighted by Crippen LogP contribution is -2.08. The molecule has 0 radical (unpaired) electrons. The first kappa shape index (κ1) is 15.7. The van der Waals surface area contributed by atoms with Gasteiger partial charge in [-0.2, -0.15) is 13.2 Å². The second-order valence-corrected chi connectivity index (χ2v) is 5.38. The second kappa shape index (κ2) is 5.98. The topological polar surface area (TPSA) is 12.0 Å². The standard InChI is InChI=1S/C16H15ClF3N/c1-10-3-5-12(14(17)7-10)9-21-15-8-13(16(18,19)20)6-4-11(15)2/h3-8,21H,9H2,1-2H3. The largest absolute Gasteiger partial charge is 0.416 e. The van der Waals surface area contributed by atoms with E-state index in [4.69, 9.17) is 11.6 Å². The highest BCUT2D eigenvalue weighted by molar-refractivity contribution is 6.31. The molecular formula is C16H15ClF3N. The highest BCUT2D eigenvalue weighted by atomic mass is 35.5. The van der Waals surface area contributed by atoms with Gasteiger partial charge in [-0.3, -0.25) is 0 Å². The summed E-state index contributed by atoms with van der Waals surface area (Å²) in [4.78, 5) is 0.